The van der Waals surface area contributed by atoms with Gasteiger partial charge in [-0.25, -0.2) is 4.98 Å². The van der Waals surface area contributed by atoms with Gasteiger partial charge in [-0.15, -0.1) is 0 Å². The predicted molar refractivity (Wildman–Crippen MR) is 86.3 cm³/mol. The quantitative estimate of drug-likeness (QED) is 0.905. The molecular formula is C17H31N3O. The van der Waals surface area contributed by atoms with Gasteiger partial charge in [0.25, 0.3) is 0 Å². The number of likely N-dealkylation sites (tertiary alicyclic amines) is 1. The summed E-state index contributed by atoms with van der Waals surface area (Å²) in [6.45, 7) is 15.2. The van der Waals surface area contributed by atoms with Crippen molar-refractivity contribution in [2.75, 3.05) is 19.6 Å². The molecule has 1 atom stereocenters. The van der Waals surface area contributed by atoms with Crippen molar-refractivity contribution in [3.8, 4) is 0 Å². The Morgan fingerprint density at radius 1 is 1.43 bits per heavy atom. The van der Waals surface area contributed by atoms with Gasteiger partial charge >= 0.3 is 0 Å². The number of nitrogens with one attached hydrogen (secondary N) is 1. The average Bonchev–Trinajstić information content (AvgIpc) is 2.85. The number of hydrogen-bond acceptors (Lipinski definition) is 4. The Labute approximate surface area is 129 Å². The van der Waals surface area contributed by atoms with E-state index < -0.39 is 0 Å². The summed E-state index contributed by atoms with van der Waals surface area (Å²) in [6, 6.07) is 0.571. The second-order valence-electron chi connectivity index (χ2n) is 7.67. The van der Waals surface area contributed by atoms with Crippen molar-refractivity contribution in [1.29, 1.82) is 0 Å². The fourth-order valence-corrected chi connectivity index (χ4v) is 2.79. The number of aromatic nitrogens is 1. The molecule has 4 heteroatoms. The minimum Gasteiger partial charge on any atom is -0.444 e. The van der Waals surface area contributed by atoms with Crippen molar-refractivity contribution in [1.82, 2.24) is 15.2 Å². The summed E-state index contributed by atoms with van der Waals surface area (Å²) in [4.78, 5) is 6.93. The summed E-state index contributed by atoms with van der Waals surface area (Å²) >= 11 is 0. The van der Waals surface area contributed by atoms with Crippen LogP contribution in [0.3, 0.4) is 0 Å². The summed E-state index contributed by atoms with van der Waals surface area (Å²) in [7, 11) is 0. The second-order valence-corrected chi connectivity index (χ2v) is 7.67. The maximum atomic E-state index is 5.92. The van der Waals surface area contributed by atoms with Crippen molar-refractivity contribution in [3.63, 3.8) is 0 Å². The third-order valence-electron chi connectivity index (χ3n) is 4.07. The van der Waals surface area contributed by atoms with Gasteiger partial charge in [-0.2, -0.15) is 0 Å². The number of hydrogen-bond donors (Lipinski definition) is 1. The molecule has 1 fully saturated rings. The molecule has 2 rings (SSSR count). The molecule has 0 bridgehead atoms. The zero-order valence-electron chi connectivity index (χ0n) is 14.3. The van der Waals surface area contributed by atoms with E-state index in [1.54, 1.807) is 0 Å². The van der Waals surface area contributed by atoms with Crippen LogP contribution in [0, 0.1) is 5.92 Å². The van der Waals surface area contributed by atoms with E-state index in [9.17, 15) is 0 Å². The molecule has 1 aromatic rings. The Morgan fingerprint density at radius 2 is 2.19 bits per heavy atom. The Balaban J connectivity index is 1.86. The van der Waals surface area contributed by atoms with Crippen LogP contribution in [0.25, 0.3) is 0 Å². The fraction of sp³-hybridized carbons (Fsp3) is 0.824. The zero-order valence-corrected chi connectivity index (χ0v) is 14.3. The van der Waals surface area contributed by atoms with E-state index in [2.05, 4.69) is 49.8 Å². The molecule has 120 valence electrons. The molecule has 4 nitrogen and oxygen atoms in total. The highest BCUT2D eigenvalue weighted by molar-refractivity contribution is 5.06. The summed E-state index contributed by atoms with van der Waals surface area (Å²) < 4.78 is 5.92. The highest BCUT2D eigenvalue weighted by atomic mass is 16.4. The maximum absolute atomic E-state index is 5.92. The first-order chi connectivity index (χ1) is 9.84. The lowest BCUT2D eigenvalue weighted by Crippen LogP contribution is -2.40. The van der Waals surface area contributed by atoms with Crippen LogP contribution in [0.4, 0.5) is 0 Å². The molecule has 1 aliphatic rings. The second kappa shape index (κ2) is 6.93. The lowest BCUT2D eigenvalue weighted by Gasteiger charge is -2.32. The van der Waals surface area contributed by atoms with Gasteiger partial charge in [-0.05, 0) is 31.8 Å². The third kappa shape index (κ3) is 5.11. The highest BCUT2D eigenvalue weighted by Crippen LogP contribution is 2.24. The number of piperidine rings is 1. The van der Waals surface area contributed by atoms with Crippen molar-refractivity contribution in [3.05, 3.63) is 17.8 Å². The molecule has 1 aliphatic heterocycles. The number of rotatable bonds is 5. The largest absolute Gasteiger partial charge is 0.444 e. The van der Waals surface area contributed by atoms with E-state index in [-0.39, 0.29) is 5.41 Å². The van der Waals surface area contributed by atoms with Crippen LogP contribution < -0.4 is 5.32 Å². The fourth-order valence-electron chi connectivity index (χ4n) is 2.79. The molecule has 0 aromatic carbocycles. The van der Waals surface area contributed by atoms with E-state index in [0.29, 0.717) is 6.04 Å². The van der Waals surface area contributed by atoms with Crippen LogP contribution in [-0.4, -0.2) is 35.6 Å². The highest BCUT2D eigenvalue weighted by Gasteiger charge is 2.23. The molecule has 21 heavy (non-hydrogen) atoms. The minimum absolute atomic E-state index is 0.0386. The lowest BCUT2D eigenvalue weighted by atomic mass is 9.94. The average molecular weight is 293 g/mol. The van der Waals surface area contributed by atoms with Crippen LogP contribution in [-0.2, 0) is 12.0 Å². The molecule has 1 aromatic heterocycles. The van der Waals surface area contributed by atoms with Gasteiger partial charge in [0.05, 0.1) is 12.7 Å². The first kappa shape index (κ1) is 16.5. The Hall–Kier alpha value is -0.870. The maximum Gasteiger partial charge on any atom is 0.208 e. The van der Waals surface area contributed by atoms with E-state index in [1.807, 2.05) is 6.20 Å². The van der Waals surface area contributed by atoms with Crippen LogP contribution >= 0.6 is 0 Å². The van der Waals surface area contributed by atoms with Crippen molar-refractivity contribution in [2.45, 2.75) is 65.5 Å². The van der Waals surface area contributed by atoms with Gasteiger partial charge < -0.3 is 9.73 Å². The molecule has 1 unspecified atom stereocenters. The SMILES string of the molecule is CC(C)NCC1CCCN(Cc2ncc(C(C)(C)C)o2)C1. The Bertz CT molecular complexity index is 433. The molecule has 0 spiro atoms. The summed E-state index contributed by atoms with van der Waals surface area (Å²) in [6.07, 6.45) is 4.49. The molecule has 2 heterocycles. The van der Waals surface area contributed by atoms with E-state index in [0.717, 1.165) is 43.7 Å². The number of oxazole rings is 1. The standard InChI is InChI=1S/C17H31N3O/c1-13(2)18-9-14-7-6-8-20(11-14)12-16-19-10-15(21-16)17(3,4)5/h10,13-14,18H,6-9,11-12H2,1-5H3. The van der Waals surface area contributed by atoms with E-state index in [1.165, 1.54) is 12.8 Å². The molecule has 1 N–H and O–H groups in total. The smallest absolute Gasteiger partial charge is 0.208 e. The topological polar surface area (TPSA) is 41.3 Å². The van der Waals surface area contributed by atoms with Gasteiger partial charge in [0.2, 0.25) is 5.89 Å². The summed E-state index contributed by atoms with van der Waals surface area (Å²) in [5.74, 6) is 2.59. The molecule has 1 saturated heterocycles. The molecule has 0 amide bonds. The summed E-state index contributed by atoms with van der Waals surface area (Å²) in [5.41, 5.74) is 0.0386. The van der Waals surface area contributed by atoms with Gasteiger partial charge in [0, 0.05) is 18.0 Å². The van der Waals surface area contributed by atoms with Gasteiger partial charge in [-0.1, -0.05) is 34.6 Å². The van der Waals surface area contributed by atoms with Crippen LogP contribution in [0.1, 0.15) is 59.1 Å². The predicted octanol–water partition coefficient (Wildman–Crippen LogP) is 3.18. The normalized spacial score (nSPS) is 21.1. The van der Waals surface area contributed by atoms with Gasteiger partial charge in [0.1, 0.15) is 5.76 Å². The van der Waals surface area contributed by atoms with Crippen molar-refractivity contribution in [2.24, 2.45) is 5.92 Å². The monoisotopic (exact) mass is 293 g/mol. The van der Waals surface area contributed by atoms with Crippen molar-refractivity contribution < 1.29 is 4.42 Å². The molecular weight excluding hydrogens is 262 g/mol. The van der Waals surface area contributed by atoms with Gasteiger partial charge in [0.15, 0.2) is 0 Å². The van der Waals surface area contributed by atoms with Crippen molar-refractivity contribution >= 4 is 0 Å². The van der Waals surface area contributed by atoms with Crippen LogP contribution in [0.2, 0.25) is 0 Å². The zero-order chi connectivity index (χ0) is 15.5. The van der Waals surface area contributed by atoms with E-state index >= 15 is 0 Å². The minimum atomic E-state index is 0.0386. The van der Waals surface area contributed by atoms with Crippen LogP contribution in [0.15, 0.2) is 10.6 Å². The lowest BCUT2D eigenvalue weighted by molar-refractivity contribution is 0.150. The summed E-state index contributed by atoms with van der Waals surface area (Å²) in [5, 5.41) is 3.56. The first-order valence-electron chi connectivity index (χ1n) is 8.25. The Morgan fingerprint density at radius 3 is 2.81 bits per heavy atom. The van der Waals surface area contributed by atoms with E-state index in [4.69, 9.17) is 4.42 Å². The Kier molecular flexibility index (Phi) is 5.44. The molecule has 0 radical (unpaired) electrons. The van der Waals surface area contributed by atoms with Gasteiger partial charge in [-0.3, -0.25) is 4.90 Å². The van der Waals surface area contributed by atoms with Crippen LogP contribution in [0.5, 0.6) is 0 Å². The number of nitrogens with zero attached hydrogens (tertiary/aromatic N) is 2. The molecule has 0 saturated carbocycles. The molecule has 0 aliphatic carbocycles. The first-order valence-corrected chi connectivity index (χ1v) is 8.25. The third-order valence-corrected chi connectivity index (χ3v) is 4.07.